The molecule has 2 aromatic rings. The molecule has 0 aliphatic heterocycles. The Balaban J connectivity index is 2.09. The predicted octanol–water partition coefficient (Wildman–Crippen LogP) is 2.61. The number of hydrogen-bond acceptors (Lipinski definition) is 5. The van der Waals surface area contributed by atoms with E-state index < -0.39 is 0 Å². The first-order valence-electron chi connectivity index (χ1n) is 8.30. The molecule has 0 fully saturated rings. The quantitative estimate of drug-likeness (QED) is 0.686. The summed E-state index contributed by atoms with van der Waals surface area (Å²) in [5, 5.41) is 3.70. The topological polar surface area (TPSA) is 71.5 Å². The number of likely N-dealkylation sites (N-methyl/N-ethyl adjacent to an activating group) is 1. The average molecular weight is 373 g/mol. The van der Waals surface area contributed by atoms with Crippen molar-refractivity contribution in [1.82, 2.24) is 15.2 Å². The van der Waals surface area contributed by atoms with Crippen LogP contribution in [0.15, 0.2) is 43.0 Å². The summed E-state index contributed by atoms with van der Waals surface area (Å²) in [7, 11) is 1.63. The van der Waals surface area contributed by atoms with Crippen LogP contribution in [0.25, 0.3) is 10.4 Å². The van der Waals surface area contributed by atoms with Crippen LogP contribution in [0.5, 0.6) is 0 Å². The van der Waals surface area contributed by atoms with Gasteiger partial charge in [-0.2, -0.15) is 0 Å². The number of thiazole rings is 1. The molecule has 1 N–H and O–H groups in total. The molecule has 0 spiro atoms. The van der Waals surface area contributed by atoms with Gasteiger partial charge < -0.3 is 15.0 Å². The number of hydrogen-bond donors (Lipinski definition) is 1. The van der Waals surface area contributed by atoms with E-state index in [0.717, 1.165) is 21.1 Å². The van der Waals surface area contributed by atoms with Crippen molar-refractivity contribution in [2.24, 2.45) is 0 Å². The minimum absolute atomic E-state index is 0.00289. The highest BCUT2D eigenvalue weighted by Gasteiger charge is 2.16. The van der Waals surface area contributed by atoms with Crippen molar-refractivity contribution in [3.05, 3.63) is 53.7 Å². The molecule has 0 bridgehead atoms. The van der Waals surface area contributed by atoms with Gasteiger partial charge in [0.05, 0.1) is 30.3 Å². The van der Waals surface area contributed by atoms with E-state index in [0.29, 0.717) is 19.7 Å². The smallest absolute Gasteiger partial charge is 0.246 e. The first-order valence-corrected chi connectivity index (χ1v) is 9.11. The van der Waals surface area contributed by atoms with Crippen molar-refractivity contribution in [3.8, 4) is 10.4 Å². The third-order valence-corrected chi connectivity index (χ3v) is 4.82. The van der Waals surface area contributed by atoms with Crippen LogP contribution in [0.3, 0.4) is 0 Å². The Morgan fingerprint density at radius 1 is 1.35 bits per heavy atom. The summed E-state index contributed by atoms with van der Waals surface area (Å²) in [6, 6.07) is 9.91. The number of nitrogens with one attached hydrogen (secondary N) is 1. The fourth-order valence-electron chi connectivity index (χ4n) is 2.41. The summed E-state index contributed by atoms with van der Waals surface area (Å²) in [6.45, 7) is 6.44. The number of ether oxygens (including phenoxy) is 1. The SMILES string of the molecule is C=CC(=O)N(CC)CC(=O)NCc1nc(COC)sc1-c1ccccc1. The van der Waals surface area contributed by atoms with Gasteiger partial charge in [-0.05, 0) is 18.6 Å². The van der Waals surface area contributed by atoms with Gasteiger partial charge in [-0.15, -0.1) is 11.3 Å². The highest BCUT2D eigenvalue weighted by atomic mass is 32.1. The van der Waals surface area contributed by atoms with Gasteiger partial charge in [0.15, 0.2) is 0 Å². The lowest BCUT2D eigenvalue weighted by atomic mass is 10.1. The van der Waals surface area contributed by atoms with E-state index in [1.54, 1.807) is 18.4 Å². The summed E-state index contributed by atoms with van der Waals surface area (Å²) in [5.41, 5.74) is 1.84. The Hall–Kier alpha value is -2.51. The van der Waals surface area contributed by atoms with Gasteiger partial charge in [0.25, 0.3) is 0 Å². The highest BCUT2D eigenvalue weighted by molar-refractivity contribution is 7.15. The summed E-state index contributed by atoms with van der Waals surface area (Å²) < 4.78 is 5.17. The first kappa shape index (κ1) is 19.8. The van der Waals surface area contributed by atoms with Crippen LogP contribution in [-0.4, -0.2) is 41.9 Å². The van der Waals surface area contributed by atoms with Crippen molar-refractivity contribution < 1.29 is 14.3 Å². The van der Waals surface area contributed by atoms with Gasteiger partial charge in [0.2, 0.25) is 11.8 Å². The zero-order valence-corrected chi connectivity index (χ0v) is 15.8. The van der Waals surface area contributed by atoms with Crippen molar-refractivity contribution >= 4 is 23.2 Å². The number of methoxy groups -OCH3 is 1. The van der Waals surface area contributed by atoms with Gasteiger partial charge in [-0.1, -0.05) is 36.9 Å². The minimum Gasteiger partial charge on any atom is -0.378 e. The molecule has 0 atom stereocenters. The Bertz CT molecular complexity index is 759. The number of benzene rings is 1. The third kappa shape index (κ3) is 5.24. The van der Waals surface area contributed by atoms with Crippen LogP contribution < -0.4 is 5.32 Å². The second-order valence-electron chi connectivity index (χ2n) is 5.52. The Kier molecular flexibility index (Phi) is 7.50. The van der Waals surface area contributed by atoms with Crippen LogP contribution in [0.4, 0.5) is 0 Å². The molecule has 0 aliphatic carbocycles. The molecule has 2 rings (SSSR count). The van der Waals surface area contributed by atoms with E-state index in [4.69, 9.17) is 4.74 Å². The molecule has 0 saturated carbocycles. The number of carbonyl (C=O) groups excluding carboxylic acids is 2. The van der Waals surface area contributed by atoms with Crippen LogP contribution in [0.2, 0.25) is 0 Å². The van der Waals surface area contributed by atoms with Crippen LogP contribution in [0, 0.1) is 0 Å². The fraction of sp³-hybridized carbons (Fsp3) is 0.316. The normalized spacial score (nSPS) is 10.4. The molecule has 6 nitrogen and oxygen atoms in total. The van der Waals surface area contributed by atoms with E-state index in [2.05, 4.69) is 16.9 Å². The molecule has 1 aromatic heterocycles. The van der Waals surface area contributed by atoms with Crippen molar-refractivity contribution in [1.29, 1.82) is 0 Å². The molecule has 0 unspecified atom stereocenters. The maximum Gasteiger partial charge on any atom is 0.246 e. The lowest BCUT2D eigenvalue weighted by molar-refractivity contribution is -0.132. The maximum absolute atomic E-state index is 12.2. The summed E-state index contributed by atoms with van der Waals surface area (Å²) >= 11 is 1.55. The van der Waals surface area contributed by atoms with E-state index in [1.165, 1.54) is 11.0 Å². The number of amides is 2. The Morgan fingerprint density at radius 3 is 2.69 bits per heavy atom. The van der Waals surface area contributed by atoms with Crippen molar-refractivity contribution in [3.63, 3.8) is 0 Å². The van der Waals surface area contributed by atoms with Crippen molar-refractivity contribution in [2.75, 3.05) is 20.2 Å². The van der Waals surface area contributed by atoms with Gasteiger partial charge in [0, 0.05) is 13.7 Å². The summed E-state index contributed by atoms with van der Waals surface area (Å²) in [5.74, 6) is -0.494. The molecule has 26 heavy (non-hydrogen) atoms. The Morgan fingerprint density at radius 2 is 2.08 bits per heavy atom. The minimum atomic E-state index is -0.260. The highest BCUT2D eigenvalue weighted by Crippen LogP contribution is 2.30. The third-order valence-electron chi connectivity index (χ3n) is 3.70. The predicted molar refractivity (Wildman–Crippen MR) is 103 cm³/mol. The van der Waals surface area contributed by atoms with Gasteiger partial charge in [-0.3, -0.25) is 9.59 Å². The van der Waals surface area contributed by atoms with Crippen LogP contribution in [0.1, 0.15) is 17.6 Å². The summed E-state index contributed by atoms with van der Waals surface area (Å²) in [6.07, 6.45) is 1.21. The number of aromatic nitrogens is 1. The molecule has 138 valence electrons. The molecule has 0 saturated heterocycles. The molecule has 1 aromatic carbocycles. The van der Waals surface area contributed by atoms with E-state index in [9.17, 15) is 9.59 Å². The molecule has 2 amide bonds. The van der Waals surface area contributed by atoms with E-state index >= 15 is 0 Å². The molecular formula is C19H23N3O3S. The monoisotopic (exact) mass is 373 g/mol. The number of rotatable bonds is 9. The van der Waals surface area contributed by atoms with Crippen LogP contribution >= 0.6 is 11.3 Å². The standard InChI is InChI=1S/C19H23N3O3S/c1-4-18(24)22(5-2)12-16(23)20-11-15-19(14-9-7-6-8-10-14)26-17(21-15)13-25-3/h4,6-10H,1,5,11-13H2,2-3H3,(H,20,23). The largest absolute Gasteiger partial charge is 0.378 e. The maximum atomic E-state index is 12.2. The molecular weight excluding hydrogens is 350 g/mol. The average Bonchev–Trinajstić information content (AvgIpc) is 3.07. The van der Waals surface area contributed by atoms with Crippen LogP contribution in [-0.2, 0) is 27.5 Å². The number of carbonyl (C=O) groups is 2. The fourth-order valence-corrected chi connectivity index (χ4v) is 3.46. The number of nitrogens with zero attached hydrogens (tertiary/aromatic N) is 2. The van der Waals surface area contributed by atoms with Gasteiger partial charge in [-0.25, -0.2) is 4.98 Å². The lowest BCUT2D eigenvalue weighted by Gasteiger charge is -2.18. The second kappa shape index (κ2) is 9.84. The van der Waals surface area contributed by atoms with Gasteiger partial charge in [0.1, 0.15) is 5.01 Å². The van der Waals surface area contributed by atoms with E-state index in [1.807, 2.05) is 37.3 Å². The molecule has 7 heteroatoms. The zero-order valence-electron chi connectivity index (χ0n) is 15.0. The lowest BCUT2D eigenvalue weighted by Crippen LogP contribution is -2.39. The van der Waals surface area contributed by atoms with Gasteiger partial charge >= 0.3 is 0 Å². The molecule has 0 radical (unpaired) electrons. The molecule has 1 heterocycles. The van der Waals surface area contributed by atoms with Crippen molar-refractivity contribution in [2.45, 2.75) is 20.1 Å². The first-order chi connectivity index (χ1) is 12.6. The second-order valence-corrected chi connectivity index (χ2v) is 6.60. The van der Waals surface area contributed by atoms with E-state index in [-0.39, 0.29) is 18.4 Å². The Labute approximate surface area is 157 Å². The summed E-state index contributed by atoms with van der Waals surface area (Å²) in [4.78, 5) is 30.9. The molecule has 0 aliphatic rings. The zero-order chi connectivity index (χ0) is 18.9.